The van der Waals surface area contributed by atoms with Crippen LogP contribution in [0.5, 0.6) is 0 Å². The Morgan fingerprint density at radius 1 is 1.00 bits per heavy atom. The lowest BCUT2D eigenvalue weighted by molar-refractivity contribution is -0.142. The first-order chi connectivity index (χ1) is 25.7. The maximum Gasteiger partial charge on any atom is 0.410 e. The van der Waals surface area contributed by atoms with Crippen LogP contribution in [0, 0.1) is 11.8 Å². The number of amides is 5. The molecule has 7 rings (SSSR count). The highest BCUT2D eigenvalue weighted by Gasteiger charge is 2.62. The Bertz CT molecular complexity index is 1810. The monoisotopic (exact) mass is 767 g/mol. The number of carbonyl (C=O) groups excluding carboxylic acids is 5. The van der Waals surface area contributed by atoms with Gasteiger partial charge in [0.2, 0.25) is 21.8 Å². The highest BCUT2D eigenvalue weighted by molar-refractivity contribution is 7.91. The topological polar surface area (TPSA) is 181 Å². The Hall–Kier alpha value is -4.14. The van der Waals surface area contributed by atoms with Crippen LogP contribution in [0.3, 0.4) is 0 Å². The van der Waals surface area contributed by atoms with Gasteiger partial charge in [0.1, 0.15) is 29.3 Å². The molecule has 3 saturated carbocycles. The second-order valence-electron chi connectivity index (χ2n) is 16.7. The number of rotatable bonds is 7. The second-order valence-corrected chi connectivity index (χ2v) is 18.7. The molecule has 0 aromatic heterocycles. The van der Waals surface area contributed by atoms with Crippen LogP contribution in [-0.4, -0.2) is 89.2 Å². The van der Waals surface area contributed by atoms with Gasteiger partial charge < -0.3 is 25.0 Å². The minimum Gasteiger partial charge on any atom is -0.444 e. The van der Waals surface area contributed by atoms with Crippen molar-refractivity contribution in [1.82, 2.24) is 25.2 Å². The van der Waals surface area contributed by atoms with Crippen molar-refractivity contribution >= 4 is 39.9 Å². The smallest absolute Gasteiger partial charge is 0.410 e. The number of fused-ring (bicyclic) bond motifs is 3. The van der Waals surface area contributed by atoms with E-state index >= 15 is 0 Å². The van der Waals surface area contributed by atoms with Gasteiger partial charge in [-0.15, -0.1) is 6.58 Å². The van der Waals surface area contributed by atoms with Crippen molar-refractivity contribution in [3.8, 4) is 0 Å². The average Bonchev–Trinajstić information content (AvgIpc) is 4.02. The molecular formula is C39H53N5O9S. The molecule has 0 spiro atoms. The highest BCUT2D eigenvalue weighted by atomic mass is 32.2. The third-order valence-corrected chi connectivity index (χ3v) is 14.0. The van der Waals surface area contributed by atoms with E-state index in [4.69, 9.17) is 9.47 Å². The normalized spacial score (nSPS) is 30.5. The number of sulfonamides is 1. The number of hydrogen-bond acceptors (Lipinski definition) is 9. The molecule has 4 fully saturated rings. The lowest BCUT2D eigenvalue weighted by Crippen LogP contribution is -2.59. The zero-order valence-electron chi connectivity index (χ0n) is 31.3. The van der Waals surface area contributed by atoms with Crippen LogP contribution in [-0.2, 0) is 53.4 Å². The van der Waals surface area contributed by atoms with E-state index in [1.807, 2.05) is 26.0 Å². The number of ether oxygens (including phenoxy) is 2. The van der Waals surface area contributed by atoms with E-state index < -0.39 is 80.4 Å². The number of carbonyl (C=O) groups is 5. The molecule has 5 unspecified atom stereocenters. The fourth-order valence-corrected chi connectivity index (χ4v) is 10.2. The first-order valence-corrected chi connectivity index (χ1v) is 21.1. The Morgan fingerprint density at radius 3 is 2.44 bits per heavy atom. The Labute approximate surface area is 317 Å². The third kappa shape index (κ3) is 7.97. The maximum absolute atomic E-state index is 14.7. The zero-order chi connectivity index (χ0) is 38.4. The number of nitrogens with one attached hydrogen (secondary N) is 3. The van der Waals surface area contributed by atoms with Gasteiger partial charge in [0.05, 0.1) is 11.8 Å². The molecule has 3 N–H and O–H groups in total. The van der Waals surface area contributed by atoms with Crippen LogP contribution in [0.25, 0.3) is 0 Å². The molecule has 5 amide bonds. The SMILES string of the molecule is C=CC1CC1(NC(=O)C1CC2CN1C(=O)C(C1CCCCC1)NC(=O)OC(C)(C)CCCCc1cccc3c1CN(C3)C(=O)O2)C(=O)NS(=O)(=O)C1CC1. The molecule has 3 aliphatic heterocycles. The van der Waals surface area contributed by atoms with Crippen LogP contribution >= 0.6 is 0 Å². The van der Waals surface area contributed by atoms with E-state index in [0.717, 1.165) is 55.2 Å². The Kier molecular flexibility index (Phi) is 10.5. The van der Waals surface area contributed by atoms with Gasteiger partial charge in [0.15, 0.2) is 0 Å². The van der Waals surface area contributed by atoms with E-state index in [9.17, 15) is 32.4 Å². The average molecular weight is 768 g/mol. The molecule has 1 aromatic rings. The van der Waals surface area contributed by atoms with Crippen LogP contribution in [0.15, 0.2) is 30.9 Å². The van der Waals surface area contributed by atoms with Crippen molar-refractivity contribution in [3.05, 3.63) is 47.5 Å². The molecule has 4 bridgehead atoms. The molecule has 0 radical (unpaired) electrons. The second kappa shape index (κ2) is 14.8. The number of hydrogen-bond donors (Lipinski definition) is 3. The Balaban J connectivity index is 1.18. The summed E-state index contributed by atoms with van der Waals surface area (Å²) in [5, 5.41) is 5.02. The molecule has 1 aromatic carbocycles. The summed E-state index contributed by atoms with van der Waals surface area (Å²) in [7, 11) is -3.91. The minimum atomic E-state index is -3.91. The molecule has 14 nitrogen and oxygen atoms in total. The van der Waals surface area contributed by atoms with E-state index in [0.29, 0.717) is 45.2 Å². The predicted octanol–water partition coefficient (Wildman–Crippen LogP) is 3.96. The van der Waals surface area contributed by atoms with E-state index in [1.165, 1.54) is 11.0 Å². The first kappa shape index (κ1) is 38.1. The predicted molar refractivity (Wildman–Crippen MR) is 197 cm³/mol. The minimum absolute atomic E-state index is 0.0545. The number of nitrogens with zero attached hydrogens (tertiary/aromatic N) is 2. The van der Waals surface area contributed by atoms with Crippen LogP contribution < -0.4 is 15.4 Å². The van der Waals surface area contributed by atoms with Crippen molar-refractivity contribution < 1.29 is 41.9 Å². The molecule has 1 saturated heterocycles. The summed E-state index contributed by atoms with van der Waals surface area (Å²) in [5.74, 6) is -2.77. The van der Waals surface area contributed by atoms with Gasteiger partial charge in [-0.3, -0.25) is 24.0 Å². The summed E-state index contributed by atoms with van der Waals surface area (Å²) in [6.45, 7) is 8.14. The maximum atomic E-state index is 14.7. The largest absolute Gasteiger partial charge is 0.444 e. The summed E-state index contributed by atoms with van der Waals surface area (Å²) >= 11 is 0. The Morgan fingerprint density at radius 2 is 1.74 bits per heavy atom. The summed E-state index contributed by atoms with van der Waals surface area (Å²) in [6, 6.07) is 3.88. The summed E-state index contributed by atoms with van der Waals surface area (Å²) in [4.78, 5) is 72.8. The lowest BCUT2D eigenvalue weighted by atomic mass is 9.83. The van der Waals surface area contributed by atoms with Crippen LogP contribution in [0.1, 0.15) is 108 Å². The fraction of sp³-hybridized carbons (Fsp3) is 0.667. The van der Waals surface area contributed by atoms with Gasteiger partial charge >= 0.3 is 12.2 Å². The zero-order valence-corrected chi connectivity index (χ0v) is 32.1. The van der Waals surface area contributed by atoms with Gasteiger partial charge in [-0.25, -0.2) is 18.0 Å². The van der Waals surface area contributed by atoms with Crippen molar-refractivity contribution in [2.24, 2.45) is 11.8 Å². The van der Waals surface area contributed by atoms with Crippen molar-refractivity contribution in [1.29, 1.82) is 0 Å². The molecular weight excluding hydrogens is 715 g/mol. The molecule has 15 heteroatoms. The van der Waals surface area contributed by atoms with Gasteiger partial charge in [-0.05, 0) is 94.2 Å². The van der Waals surface area contributed by atoms with Gasteiger partial charge in [-0.1, -0.05) is 43.5 Å². The van der Waals surface area contributed by atoms with E-state index in [1.54, 1.807) is 4.90 Å². The van der Waals surface area contributed by atoms with Crippen molar-refractivity contribution in [2.45, 2.75) is 145 Å². The van der Waals surface area contributed by atoms with Crippen molar-refractivity contribution in [2.75, 3.05) is 6.54 Å². The number of cyclic esters (lactones) is 1. The summed E-state index contributed by atoms with van der Waals surface area (Å²) in [5.41, 5.74) is 0.917. The van der Waals surface area contributed by atoms with E-state index in [-0.39, 0.29) is 25.3 Å². The molecule has 294 valence electrons. The molecule has 3 heterocycles. The van der Waals surface area contributed by atoms with Gasteiger partial charge in [0, 0.05) is 25.4 Å². The summed E-state index contributed by atoms with van der Waals surface area (Å²) in [6.07, 6.45) is 7.58. The lowest BCUT2D eigenvalue weighted by Gasteiger charge is -2.35. The number of aryl methyl sites for hydroxylation is 1. The highest BCUT2D eigenvalue weighted by Crippen LogP contribution is 2.45. The number of alkyl carbamates (subject to hydrolysis) is 1. The number of benzene rings is 1. The molecule has 3 aliphatic carbocycles. The van der Waals surface area contributed by atoms with Gasteiger partial charge in [-0.2, -0.15) is 0 Å². The first-order valence-electron chi connectivity index (χ1n) is 19.6. The van der Waals surface area contributed by atoms with Gasteiger partial charge in [0.25, 0.3) is 5.91 Å². The van der Waals surface area contributed by atoms with Crippen LogP contribution in [0.4, 0.5) is 9.59 Å². The quantitative estimate of drug-likeness (QED) is 0.346. The summed E-state index contributed by atoms with van der Waals surface area (Å²) < 4.78 is 39.6. The molecule has 6 aliphatic rings. The third-order valence-electron chi connectivity index (χ3n) is 12.2. The standard InChI is InChI=1S/C39H53N5O9S/c1-4-27-20-39(27,35(47)42-54(50,51)29-16-17-29)41-33(45)31-19-28-22-44(31)34(46)32(25-12-6-5-7-13-25)40-36(48)53-38(2,3)18-9-8-11-24-14-10-15-26-21-43(23-30(24)26)37(49)52-28/h4,10,14-15,25,27-29,31-32H,1,5-9,11-13,16-23H2,2-3H3,(H,40,48)(H,41,45)(H,42,47). The van der Waals surface area contributed by atoms with Crippen molar-refractivity contribution in [3.63, 3.8) is 0 Å². The fourth-order valence-electron chi connectivity index (χ4n) is 8.82. The molecule has 5 atom stereocenters. The molecule has 54 heavy (non-hydrogen) atoms. The van der Waals surface area contributed by atoms with Crippen LogP contribution in [0.2, 0.25) is 0 Å². The van der Waals surface area contributed by atoms with E-state index in [2.05, 4.69) is 28.0 Å².